The van der Waals surface area contributed by atoms with Gasteiger partial charge >= 0.3 is 0 Å². The van der Waals surface area contributed by atoms with E-state index in [-0.39, 0.29) is 12.0 Å². The molecule has 3 heterocycles. The van der Waals surface area contributed by atoms with Gasteiger partial charge in [0, 0.05) is 54.2 Å². The number of anilines is 2. The van der Waals surface area contributed by atoms with Crippen LogP contribution in [-0.2, 0) is 0 Å². The van der Waals surface area contributed by atoms with E-state index >= 15 is 0 Å². The average Bonchev–Trinajstić information content (AvgIpc) is 3.82. The SMILES string of the molecule is C/C=C\C(=C/C)c1nc(-c2ccccc2)nc(-c2cccc(-c3cccc4c3C3C=C(c5cccc6c5sc5ccccc56)C=CC3N4c3ccccc3)c2)n1. The minimum atomic E-state index is 0.126. The fraction of sp³-hybridized carbons (Fsp3) is 0.0784. The van der Waals surface area contributed by atoms with Crippen molar-refractivity contribution in [3.05, 3.63) is 199 Å². The van der Waals surface area contributed by atoms with Crippen molar-refractivity contribution in [3.8, 4) is 33.9 Å². The van der Waals surface area contributed by atoms with Gasteiger partial charge in [0.2, 0.25) is 0 Å². The van der Waals surface area contributed by atoms with Crippen LogP contribution in [0.2, 0.25) is 0 Å². The predicted molar refractivity (Wildman–Crippen MR) is 236 cm³/mol. The molecule has 0 bridgehead atoms. The Morgan fingerprint density at radius 3 is 2.14 bits per heavy atom. The number of hydrogen-bond acceptors (Lipinski definition) is 5. The summed E-state index contributed by atoms with van der Waals surface area (Å²) < 4.78 is 2.66. The van der Waals surface area contributed by atoms with Gasteiger partial charge in [-0.2, -0.15) is 0 Å². The molecule has 8 aromatic rings. The van der Waals surface area contributed by atoms with E-state index in [1.807, 2.05) is 73.7 Å². The van der Waals surface area contributed by atoms with Gasteiger partial charge in [0.25, 0.3) is 0 Å². The summed E-state index contributed by atoms with van der Waals surface area (Å²) in [5, 5.41) is 2.64. The van der Waals surface area contributed by atoms with Crippen molar-refractivity contribution in [2.24, 2.45) is 0 Å². The molecule has 5 heteroatoms. The van der Waals surface area contributed by atoms with Crippen LogP contribution in [0.4, 0.5) is 11.4 Å². The molecule has 0 N–H and O–H groups in total. The van der Waals surface area contributed by atoms with Crippen molar-refractivity contribution in [2.75, 3.05) is 4.90 Å². The lowest BCUT2D eigenvalue weighted by Crippen LogP contribution is -2.28. The summed E-state index contributed by atoms with van der Waals surface area (Å²) >= 11 is 1.89. The zero-order valence-electron chi connectivity index (χ0n) is 31.2. The molecule has 10 rings (SSSR count). The molecule has 2 atom stereocenters. The molecule has 0 saturated carbocycles. The number of fused-ring (bicyclic) bond motifs is 6. The molecule has 0 fully saturated rings. The van der Waals surface area contributed by atoms with Crippen LogP contribution < -0.4 is 4.90 Å². The van der Waals surface area contributed by atoms with E-state index in [1.54, 1.807) is 0 Å². The van der Waals surface area contributed by atoms with Crippen molar-refractivity contribution in [1.82, 2.24) is 15.0 Å². The van der Waals surface area contributed by atoms with Crippen molar-refractivity contribution in [2.45, 2.75) is 25.8 Å². The van der Waals surface area contributed by atoms with Gasteiger partial charge in [0.05, 0.1) is 6.04 Å². The lowest BCUT2D eigenvalue weighted by atomic mass is 9.83. The molecule has 4 nitrogen and oxygen atoms in total. The molecule has 1 aliphatic heterocycles. The normalized spacial score (nSPS) is 16.4. The Hall–Kier alpha value is -6.69. The van der Waals surface area contributed by atoms with Gasteiger partial charge in [-0.15, -0.1) is 11.3 Å². The van der Waals surface area contributed by atoms with Crippen molar-refractivity contribution in [1.29, 1.82) is 0 Å². The van der Waals surface area contributed by atoms with Gasteiger partial charge in [0.1, 0.15) is 0 Å². The van der Waals surface area contributed by atoms with Gasteiger partial charge in [0.15, 0.2) is 17.5 Å². The number of para-hydroxylation sites is 1. The summed E-state index contributed by atoms with van der Waals surface area (Å²) in [6.45, 7) is 4.03. The van der Waals surface area contributed by atoms with E-state index in [0.29, 0.717) is 17.5 Å². The minimum absolute atomic E-state index is 0.126. The molecule has 268 valence electrons. The molecule has 0 amide bonds. The molecule has 6 aromatic carbocycles. The van der Waals surface area contributed by atoms with E-state index in [9.17, 15) is 0 Å². The molecule has 1 aliphatic carbocycles. The summed E-state index contributed by atoms with van der Waals surface area (Å²) in [5.41, 5.74) is 11.5. The minimum Gasteiger partial charge on any atom is -0.333 e. The van der Waals surface area contributed by atoms with Gasteiger partial charge in [-0.3, -0.25) is 0 Å². The lowest BCUT2D eigenvalue weighted by Gasteiger charge is -2.29. The third kappa shape index (κ3) is 5.80. The fourth-order valence-corrected chi connectivity index (χ4v) is 9.64. The first-order chi connectivity index (χ1) is 27.7. The van der Waals surface area contributed by atoms with E-state index in [4.69, 9.17) is 15.0 Å². The quantitative estimate of drug-likeness (QED) is 0.153. The van der Waals surface area contributed by atoms with Gasteiger partial charge < -0.3 is 4.90 Å². The number of nitrogens with zero attached hydrogens (tertiary/aromatic N) is 4. The second kappa shape index (κ2) is 14.2. The Kier molecular flexibility index (Phi) is 8.57. The number of rotatable bonds is 7. The standard InChI is InChI=1S/C51H38N4S/c1-3-16-33(4-2)49-52-50(34-17-7-5-8-18-34)54-51(53-49)37-20-13-19-35(31-37)39-24-15-27-45-47(39)43-32-36(29-30-44(43)55(45)38-21-9-6-10-22-38)40-25-14-26-42-41-23-11-12-28-46(41)56-48(40)42/h3-32,43-44H,1-2H3/b16-3-,33-4+. The van der Waals surface area contributed by atoms with Crippen LogP contribution in [0.25, 0.3) is 65.2 Å². The molecule has 2 aliphatic rings. The van der Waals surface area contributed by atoms with E-state index in [0.717, 1.165) is 22.3 Å². The molecule has 0 spiro atoms. The monoisotopic (exact) mass is 738 g/mol. The highest BCUT2D eigenvalue weighted by atomic mass is 32.1. The number of hydrogen-bond donors (Lipinski definition) is 0. The van der Waals surface area contributed by atoms with Crippen LogP contribution in [-0.4, -0.2) is 21.0 Å². The topological polar surface area (TPSA) is 41.9 Å². The summed E-state index contributed by atoms with van der Waals surface area (Å²) in [5.74, 6) is 2.08. The zero-order valence-corrected chi connectivity index (χ0v) is 32.0. The van der Waals surface area contributed by atoms with Crippen molar-refractivity contribution in [3.63, 3.8) is 0 Å². The van der Waals surface area contributed by atoms with Crippen LogP contribution in [0, 0.1) is 0 Å². The van der Waals surface area contributed by atoms with Crippen LogP contribution in [0.1, 0.15) is 36.7 Å². The Balaban J connectivity index is 1.13. The highest BCUT2D eigenvalue weighted by Gasteiger charge is 2.40. The number of thiophene rings is 1. The van der Waals surface area contributed by atoms with Crippen LogP contribution in [0.15, 0.2) is 182 Å². The molecule has 56 heavy (non-hydrogen) atoms. The molecule has 2 aromatic heterocycles. The van der Waals surface area contributed by atoms with Crippen LogP contribution in [0.5, 0.6) is 0 Å². The Bertz CT molecular complexity index is 2900. The lowest BCUT2D eigenvalue weighted by molar-refractivity contribution is 0.748. The Labute approximate surface area is 331 Å². The second-order valence-electron chi connectivity index (χ2n) is 14.2. The highest BCUT2D eigenvalue weighted by molar-refractivity contribution is 7.26. The van der Waals surface area contributed by atoms with Gasteiger partial charge in [-0.05, 0) is 72.0 Å². The summed E-state index contributed by atoms with van der Waals surface area (Å²) in [7, 11) is 0. The summed E-state index contributed by atoms with van der Waals surface area (Å²) in [6, 6.07) is 52.1. The predicted octanol–water partition coefficient (Wildman–Crippen LogP) is 13.5. The maximum absolute atomic E-state index is 5.06. The maximum atomic E-state index is 5.06. The van der Waals surface area contributed by atoms with Gasteiger partial charge in [-0.25, -0.2) is 15.0 Å². The van der Waals surface area contributed by atoms with Crippen molar-refractivity contribution < 1.29 is 0 Å². The molecular weight excluding hydrogens is 701 g/mol. The Morgan fingerprint density at radius 2 is 1.32 bits per heavy atom. The number of aromatic nitrogens is 3. The first-order valence-electron chi connectivity index (χ1n) is 19.2. The summed E-state index contributed by atoms with van der Waals surface area (Å²) in [6.07, 6.45) is 13.4. The van der Waals surface area contributed by atoms with Crippen LogP contribution in [0.3, 0.4) is 0 Å². The largest absolute Gasteiger partial charge is 0.333 e. The average molecular weight is 739 g/mol. The van der Waals surface area contributed by atoms with Crippen molar-refractivity contribution >= 4 is 54.0 Å². The van der Waals surface area contributed by atoms with Gasteiger partial charge in [-0.1, -0.05) is 152 Å². The maximum Gasteiger partial charge on any atom is 0.164 e. The molecular formula is C51H38N4S. The summed E-state index contributed by atoms with van der Waals surface area (Å²) in [4.78, 5) is 17.6. The van der Waals surface area contributed by atoms with E-state index in [1.165, 1.54) is 53.8 Å². The van der Waals surface area contributed by atoms with E-state index < -0.39 is 0 Å². The fourth-order valence-electron chi connectivity index (χ4n) is 8.41. The first kappa shape index (κ1) is 33.8. The first-order valence-corrected chi connectivity index (χ1v) is 20.0. The second-order valence-corrected chi connectivity index (χ2v) is 15.3. The van der Waals surface area contributed by atoms with E-state index in [2.05, 4.69) is 138 Å². The smallest absolute Gasteiger partial charge is 0.164 e. The number of allylic oxidation sites excluding steroid dienone is 6. The third-order valence-electron chi connectivity index (χ3n) is 10.9. The zero-order chi connectivity index (χ0) is 37.6. The van der Waals surface area contributed by atoms with Crippen LogP contribution >= 0.6 is 11.3 Å². The number of benzene rings is 6. The molecule has 2 unspecified atom stereocenters. The molecule has 0 radical (unpaired) electrons. The highest BCUT2D eigenvalue weighted by Crippen LogP contribution is 2.53. The molecule has 0 saturated heterocycles. The Morgan fingerprint density at radius 1 is 0.643 bits per heavy atom. The third-order valence-corrected chi connectivity index (χ3v) is 12.2.